The summed E-state index contributed by atoms with van der Waals surface area (Å²) in [5.74, 6) is 2.13. The Labute approximate surface area is 61.5 Å². The average Bonchev–Trinajstić information content (AvgIpc) is 1.85. The molecule has 0 aliphatic rings. The maximum Gasteiger partial charge on any atom is 0.0991 e. The minimum atomic E-state index is 0.770. The van der Waals surface area contributed by atoms with Gasteiger partial charge in [-0.1, -0.05) is 6.92 Å². The number of ether oxygens (including phenoxy) is 1. The van der Waals surface area contributed by atoms with Crippen LogP contribution < -0.4 is 0 Å². The van der Waals surface area contributed by atoms with Crippen LogP contribution in [0.1, 0.15) is 20.8 Å². The van der Waals surface area contributed by atoms with Gasteiger partial charge in [-0.15, -0.1) is 11.8 Å². The molecule has 2 heteroatoms. The summed E-state index contributed by atoms with van der Waals surface area (Å²) in [6, 6.07) is 0. The molecule has 0 bridgehead atoms. The third-order valence-electron chi connectivity index (χ3n) is 0.788. The summed E-state index contributed by atoms with van der Waals surface area (Å²) in [6.45, 7) is 6.87. The van der Waals surface area contributed by atoms with E-state index in [1.54, 1.807) is 11.8 Å². The Kier molecular flexibility index (Phi) is 5.94. The molecule has 0 aromatic carbocycles. The zero-order valence-corrected chi connectivity index (χ0v) is 7.12. The van der Waals surface area contributed by atoms with Gasteiger partial charge < -0.3 is 4.74 Å². The Hall–Kier alpha value is -0.110. The summed E-state index contributed by atoms with van der Waals surface area (Å²) in [4.78, 5) is 0. The lowest BCUT2D eigenvalue weighted by Gasteiger charge is -1.99. The molecule has 0 N–H and O–H groups in total. The van der Waals surface area contributed by atoms with E-state index in [-0.39, 0.29) is 0 Å². The third kappa shape index (κ3) is 5.77. The van der Waals surface area contributed by atoms with Crippen LogP contribution in [0.5, 0.6) is 0 Å². The summed E-state index contributed by atoms with van der Waals surface area (Å²) in [7, 11) is 0. The van der Waals surface area contributed by atoms with Gasteiger partial charge in [-0.05, 0) is 19.6 Å². The van der Waals surface area contributed by atoms with E-state index in [0.29, 0.717) is 0 Å². The summed E-state index contributed by atoms with van der Waals surface area (Å²) < 4.78 is 5.18. The number of hydrogen-bond acceptors (Lipinski definition) is 2. The van der Waals surface area contributed by atoms with E-state index in [1.807, 2.05) is 19.3 Å². The predicted octanol–water partition coefficient (Wildman–Crippen LogP) is 2.64. The molecule has 1 nitrogen and oxygen atoms in total. The minimum absolute atomic E-state index is 0.770. The topological polar surface area (TPSA) is 9.23 Å². The molecule has 0 saturated heterocycles. The van der Waals surface area contributed by atoms with Crippen molar-refractivity contribution >= 4 is 11.8 Å². The van der Waals surface area contributed by atoms with Gasteiger partial charge in [0.1, 0.15) is 0 Å². The fourth-order valence-corrected chi connectivity index (χ4v) is 0.932. The molecule has 0 unspecified atom stereocenters. The normalized spacial score (nSPS) is 11.7. The minimum Gasteiger partial charge on any atom is -0.498 e. The molecule has 0 rings (SSSR count). The highest BCUT2D eigenvalue weighted by Gasteiger charge is 1.83. The summed E-state index contributed by atoms with van der Waals surface area (Å²) >= 11 is 1.77. The molecular weight excluding hydrogens is 132 g/mol. The third-order valence-corrected chi connectivity index (χ3v) is 1.62. The Balaban J connectivity index is 3.30. The highest BCUT2D eigenvalue weighted by atomic mass is 32.2. The molecule has 0 saturated carbocycles. The van der Waals surface area contributed by atoms with Crippen molar-refractivity contribution < 1.29 is 4.74 Å². The highest BCUT2D eigenvalue weighted by molar-refractivity contribution is 8.02. The van der Waals surface area contributed by atoms with Crippen molar-refractivity contribution in [2.24, 2.45) is 0 Å². The molecule has 0 aromatic rings. The van der Waals surface area contributed by atoms with E-state index in [2.05, 4.69) is 6.92 Å². The number of allylic oxidation sites excluding steroid dienone is 1. The Morgan fingerprint density at radius 3 is 2.67 bits per heavy atom. The van der Waals surface area contributed by atoms with Crippen LogP contribution in [0, 0.1) is 0 Å². The van der Waals surface area contributed by atoms with Crippen molar-refractivity contribution in [3.63, 3.8) is 0 Å². The molecule has 0 heterocycles. The van der Waals surface area contributed by atoms with E-state index in [0.717, 1.165) is 18.1 Å². The van der Waals surface area contributed by atoms with Crippen molar-refractivity contribution in [2.75, 3.05) is 12.4 Å². The number of rotatable bonds is 4. The van der Waals surface area contributed by atoms with Gasteiger partial charge in [-0.3, -0.25) is 0 Å². The molecule has 0 spiro atoms. The lowest BCUT2D eigenvalue weighted by atomic mass is 10.6. The van der Waals surface area contributed by atoms with E-state index in [4.69, 9.17) is 4.74 Å². The van der Waals surface area contributed by atoms with Gasteiger partial charge in [0, 0.05) is 5.41 Å². The molecule has 54 valence electrons. The fraction of sp³-hybridized carbons (Fsp3) is 0.714. The average molecular weight is 146 g/mol. The van der Waals surface area contributed by atoms with Gasteiger partial charge >= 0.3 is 0 Å². The predicted molar refractivity (Wildman–Crippen MR) is 43.5 cm³/mol. The SMILES string of the molecule is CCO/C(C)=C/SCC. The maximum absolute atomic E-state index is 5.18. The smallest absolute Gasteiger partial charge is 0.0991 e. The van der Waals surface area contributed by atoms with Gasteiger partial charge in [-0.25, -0.2) is 0 Å². The van der Waals surface area contributed by atoms with Crippen LogP contribution in [0.2, 0.25) is 0 Å². The first-order chi connectivity index (χ1) is 4.31. The first-order valence-electron chi connectivity index (χ1n) is 3.22. The van der Waals surface area contributed by atoms with Crippen molar-refractivity contribution in [2.45, 2.75) is 20.8 Å². The summed E-state index contributed by atoms with van der Waals surface area (Å²) in [5.41, 5.74) is 0. The maximum atomic E-state index is 5.18. The molecule has 9 heavy (non-hydrogen) atoms. The Morgan fingerprint density at radius 2 is 2.22 bits per heavy atom. The van der Waals surface area contributed by atoms with E-state index in [9.17, 15) is 0 Å². The van der Waals surface area contributed by atoms with E-state index in [1.165, 1.54) is 0 Å². The molecule has 0 aliphatic heterocycles. The molecule has 0 aromatic heterocycles. The van der Waals surface area contributed by atoms with Gasteiger partial charge in [0.25, 0.3) is 0 Å². The second-order valence-corrected chi connectivity index (χ2v) is 2.76. The number of thioether (sulfide) groups is 1. The second kappa shape index (κ2) is 6.02. The van der Waals surface area contributed by atoms with Gasteiger partial charge in [0.2, 0.25) is 0 Å². The molecule has 0 fully saturated rings. The molecule has 0 radical (unpaired) electrons. The fourth-order valence-electron chi connectivity index (χ4n) is 0.462. The Bertz CT molecular complexity index is 88.9. The quantitative estimate of drug-likeness (QED) is 0.564. The van der Waals surface area contributed by atoms with Gasteiger partial charge in [0.05, 0.1) is 12.4 Å². The highest BCUT2D eigenvalue weighted by Crippen LogP contribution is 2.06. The van der Waals surface area contributed by atoms with E-state index >= 15 is 0 Å². The monoisotopic (exact) mass is 146 g/mol. The molecule has 0 atom stereocenters. The van der Waals surface area contributed by atoms with Crippen LogP contribution in [-0.4, -0.2) is 12.4 Å². The summed E-state index contributed by atoms with van der Waals surface area (Å²) in [6.07, 6.45) is 0. The van der Waals surface area contributed by atoms with Crippen molar-refractivity contribution in [1.82, 2.24) is 0 Å². The second-order valence-electron chi connectivity index (χ2n) is 1.62. The lowest BCUT2D eigenvalue weighted by molar-refractivity contribution is 0.232. The largest absolute Gasteiger partial charge is 0.498 e. The molecule has 0 amide bonds. The zero-order valence-electron chi connectivity index (χ0n) is 6.31. The summed E-state index contributed by atoms with van der Waals surface area (Å²) in [5, 5.41) is 2.05. The standard InChI is InChI=1S/C7H14OS/c1-4-8-7(3)6-9-5-2/h6H,4-5H2,1-3H3/b7-6+. The first kappa shape index (κ1) is 8.89. The van der Waals surface area contributed by atoms with Crippen LogP contribution in [0.15, 0.2) is 11.2 Å². The van der Waals surface area contributed by atoms with Gasteiger partial charge in [0.15, 0.2) is 0 Å². The lowest BCUT2D eigenvalue weighted by Crippen LogP contribution is -1.84. The van der Waals surface area contributed by atoms with Crippen LogP contribution in [-0.2, 0) is 4.74 Å². The van der Waals surface area contributed by atoms with Crippen molar-refractivity contribution in [3.05, 3.63) is 11.2 Å². The van der Waals surface area contributed by atoms with Crippen LogP contribution in [0.4, 0.5) is 0 Å². The van der Waals surface area contributed by atoms with Crippen LogP contribution in [0.3, 0.4) is 0 Å². The van der Waals surface area contributed by atoms with Crippen molar-refractivity contribution in [3.8, 4) is 0 Å². The van der Waals surface area contributed by atoms with E-state index < -0.39 is 0 Å². The zero-order chi connectivity index (χ0) is 7.11. The molecule has 0 aliphatic carbocycles. The first-order valence-corrected chi connectivity index (χ1v) is 4.27. The number of hydrogen-bond donors (Lipinski definition) is 0. The van der Waals surface area contributed by atoms with Crippen LogP contribution in [0.25, 0.3) is 0 Å². The van der Waals surface area contributed by atoms with Crippen LogP contribution >= 0.6 is 11.8 Å². The molecular formula is C7H14OS. The van der Waals surface area contributed by atoms with Gasteiger partial charge in [-0.2, -0.15) is 0 Å². The van der Waals surface area contributed by atoms with Crippen molar-refractivity contribution in [1.29, 1.82) is 0 Å². The Morgan fingerprint density at radius 1 is 1.56 bits per heavy atom.